The summed E-state index contributed by atoms with van der Waals surface area (Å²) < 4.78 is 0. The molecule has 0 aliphatic carbocycles. The van der Waals surface area contributed by atoms with E-state index < -0.39 is 6.04 Å². The van der Waals surface area contributed by atoms with Crippen molar-refractivity contribution in [2.75, 3.05) is 13.1 Å². The molecule has 2 N–H and O–H groups in total. The van der Waals surface area contributed by atoms with Crippen LogP contribution in [0.15, 0.2) is 18.2 Å². The van der Waals surface area contributed by atoms with E-state index in [0.29, 0.717) is 25.1 Å². The van der Waals surface area contributed by atoms with Gasteiger partial charge < -0.3 is 15.3 Å². The number of nitrogens with zero attached hydrogens (tertiary/aromatic N) is 1. The van der Waals surface area contributed by atoms with Gasteiger partial charge in [-0.1, -0.05) is 13.0 Å². The van der Waals surface area contributed by atoms with Gasteiger partial charge in [-0.15, -0.1) is 0 Å². The van der Waals surface area contributed by atoms with Crippen LogP contribution in [-0.2, 0) is 4.79 Å². The normalized spacial score (nSPS) is 19.2. The first-order valence-electron chi connectivity index (χ1n) is 6.43. The van der Waals surface area contributed by atoms with Crippen LogP contribution in [0.1, 0.15) is 29.3 Å². The smallest absolute Gasteiger partial charge is 0.254 e. The molecule has 0 spiro atoms. The van der Waals surface area contributed by atoms with Crippen molar-refractivity contribution in [3.63, 3.8) is 0 Å². The minimum atomic E-state index is -0.426. The standard InChI is InChI=1S/C14H18N2O3/c1-3-11-13(18)15-6-7-16(11)14(19)10-5-4-9(2)12(17)8-10/h4-5,8,11,17H,3,6-7H2,1-2H3,(H,15,18). The van der Waals surface area contributed by atoms with Gasteiger partial charge in [0.2, 0.25) is 5.91 Å². The Labute approximate surface area is 112 Å². The number of benzene rings is 1. The van der Waals surface area contributed by atoms with Crippen LogP contribution in [0.4, 0.5) is 0 Å². The molecule has 1 heterocycles. The molecule has 2 rings (SSSR count). The quantitative estimate of drug-likeness (QED) is 0.837. The number of piperazine rings is 1. The van der Waals surface area contributed by atoms with E-state index in [-0.39, 0.29) is 17.6 Å². The number of aromatic hydroxyl groups is 1. The zero-order valence-corrected chi connectivity index (χ0v) is 11.1. The fourth-order valence-electron chi connectivity index (χ4n) is 2.27. The van der Waals surface area contributed by atoms with E-state index in [2.05, 4.69) is 5.32 Å². The second-order valence-electron chi connectivity index (χ2n) is 4.71. The Kier molecular flexibility index (Phi) is 3.74. The Bertz CT molecular complexity index is 513. The maximum Gasteiger partial charge on any atom is 0.254 e. The third-order valence-corrected chi connectivity index (χ3v) is 3.43. The lowest BCUT2D eigenvalue weighted by molar-refractivity contribution is -0.127. The fourth-order valence-corrected chi connectivity index (χ4v) is 2.27. The topological polar surface area (TPSA) is 69.6 Å². The largest absolute Gasteiger partial charge is 0.508 e. The maximum absolute atomic E-state index is 12.4. The Balaban J connectivity index is 2.26. The third kappa shape index (κ3) is 2.54. The highest BCUT2D eigenvalue weighted by Crippen LogP contribution is 2.20. The van der Waals surface area contributed by atoms with E-state index in [1.165, 1.54) is 6.07 Å². The molecule has 2 amide bonds. The third-order valence-electron chi connectivity index (χ3n) is 3.43. The molecule has 1 fully saturated rings. The predicted molar refractivity (Wildman–Crippen MR) is 71.0 cm³/mol. The first-order chi connectivity index (χ1) is 9.04. The summed E-state index contributed by atoms with van der Waals surface area (Å²) in [6.45, 7) is 4.62. The van der Waals surface area contributed by atoms with Gasteiger partial charge in [0.05, 0.1) is 0 Å². The average molecular weight is 262 g/mol. The van der Waals surface area contributed by atoms with Gasteiger partial charge in [0, 0.05) is 18.7 Å². The summed E-state index contributed by atoms with van der Waals surface area (Å²) in [5, 5.41) is 12.4. The Morgan fingerprint density at radius 3 is 2.89 bits per heavy atom. The number of hydrogen-bond acceptors (Lipinski definition) is 3. The van der Waals surface area contributed by atoms with E-state index in [1.807, 2.05) is 6.92 Å². The predicted octanol–water partition coefficient (Wildman–Crippen LogP) is 1.05. The summed E-state index contributed by atoms with van der Waals surface area (Å²) in [4.78, 5) is 25.7. The van der Waals surface area contributed by atoms with Crippen molar-refractivity contribution in [2.24, 2.45) is 0 Å². The van der Waals surface area contributed by atoms with Gasteiger partial charge in [-0.05, 0) is 31.0 Å². The van der Waals surface area contributed by atoms with Crippen molar-refractivity contribution in [1.29, 1.82) is 0 Å². The Morgan fingerprint density at radius 2 is 2.26 bits per heavy atom. The van der Waals surface area contributed by atoms with Crippen molar-refractivity contribution in [1.82, 2.24) is 10.2 Å². The number of aryl methyl sites for hydroxylation is 1. The second kappa shape index (κ2) is 5.30. The number of carbonyl (C=O) groups excluding carboxylic acids is 2. The van der Waals surface area contributed by atoms with E-state index >= 15 is 0 Å². The molecule has 5 nitrogen and oxygen atoms in total. The molecule has 1 aromatic rings. The number of carbonyl (C=O) groups is 2. The minimum Gasteiger partial charge on any atom is -0.508 e. The zero-order valence-electron chi connectivity index (χ0n) is 11.1. The molecule has 1 unspecified atom stereocenters. The van der Waals surface area contributed by atoms with Crippen molar-refractivity contribution in [2.45, 2.75) is 26.3 Å². The molecule has 1 aliphatic heterocycles. The Morgan fingerprint density at radius 1 is 1.53 bits per heavy atom. The molecular weight excluding hydrogens is 244 g/mol. The molecule has 1 atom stereocenters. The van der Waals surface area contributed by atoms with Crippen LogP contribution < -0.4 is 5.32 Å². The van der Waals surface area contributed by atoms with Gasteiger partial charge >= 0.3 is 0 Å². The summed E-state index contributed by atoms with van der Waals surface area (Å²) in [6.07, 6.45) is 0.579. The van der Waals surface area contributed by atoms with Crippen LogP contribution in [0, 0.1) is 6.92 Å². The molecule has 0 saturated carbocycles. The van der Waals surface area contributed by atoms with Crippen LogP contribution in [-0.4, -0.2) is 41.0 Å². The van der Waals surface area contributed by atoms with Crippen molar-refractivity contribution in [3.05, 3.63) is 29.3 Å². The minimum absolute atomic E-state index is 0.0976. The Hall–Kier alpha value is -2.04. The number of nitrogens with one attached hydrogen (secondary N) is 1. The van der Waals surface area contributed by atoms with E-state index in [9.17, 15) is 14.7 Å². The van der Waals surface area contributed by atoms with Crippen LogP contribution in [0.25, 0.3) is 0 Å². The maximum atomic E-state index is 12.4. The van der Waals surface area contributed by atoms with Gasteiger partial charge in [-0.3, -0.25) is 9.59 Å². The first-order valence-corrected chi connectivity index (χ1v) is 6.43. The highest BCUT2D eigenvalue weighted by Gasteiger charge is 2.32. The molecule has 0 aromatic heterocycles. The lowest BCUT2D eigenvalue weighted by atomic mass is 10.1. The molecule has 102 valence electrons. The number of hydrogen-bond donors (Lipinski definition) is 2. The van der Waals surface area contributed by atoms with Gasteiger partial charge in [0.1, 0.15) is 11.8 Å². The molecule has 1 aliphatic rings. The summed E-state index contributed by atoms with van der Waals surface area (Å²) in [7, 11) is 0. The summed E-state index contributed by atoms with van der Waals surface area (Å²) in [5.41, 5.74) is 1.14. The molecule has 5 heteroatoms. The second-order valence-corrected chi connectivity index (χ2v) is 4.71. The summed E-state index contributed by atoms with van der Waals surface area (Å²) in [6, 6.07) is 4.41. The lowest BCUT2D eigenvalue weighted by Crippen LogP contribution is -2.56. The van der Waals surface area contributed by atoms with Crippen LogP contribution >= 0.6 is 0 Å². The van der Waals surface area contributed by atoms with Gasteiger partial charge in [0.15, 0.2) is 0 Å². The van der Waals surface area contributed by atoms with Crippen LogP contribution in [0.3, 0.4) is 0 Å². The van der Waals surface area contributed by atoms with Crippen molar-refractivity contribution < 1.29 is 14.7 Å². The highest BCUT2D eigenvalue weighted by molar-refractivity contribution is 5.98. The van der Waals surface area contributed by atoms with Crippen LogP contribution in [0.2, 0.25) is 0 Å². The highest BCUT2D eigenvalue weighted by atomic mass is 16.3. The molecular formula is C14H18N2O3. The average Bonchev–Trinajstić information content (AvgIpc) is 2.40. The number of phenolic OH excluding ortho intramolecular Hbond substituents is 1. The van der Waals surface area contributed by atoms with E-state index in [4.69, 9.17) is 0 Å². The van der Waals surface area contributed by atoms with E-state index in [0.717, 1.165) is 5.56 Å². The molecule has 1 aromatic carbocycles. The SMILES string of the molecule is CCC1C(=O)NCCN1C(=O)c1ccc(C)c(O)c1. The molecule has 1 saturated heterocycles. The number of phenols is 1. The number of rotatable bonds is 2. The number of amides is 2. The van der Waals surface area contributed by atoms with Gasteiger partial charge in [-0.25, -0.2) is 0 Å². The lowest BCUT2D eigenvalue weighted by Gasteiger charge is -2.34. The molecule has 0 radical (unpaired) electrons. The van der Waals surface area contributed by atoms with Gasteiger partial charge in [-0.2, -0.15) is 0 Å². The first kappa shape index (κ1) is 13.4. The van der Waals surface area contributed by atoms with Crippen molar-refractivity contribution >= 4 is 11.8 Å². The van der Waals surface area contributed by atoms with E-state index in [1.54, 1.807) is 24.0 Å². The molecule has 19 heavy (non-hydrogen) atoms. The van der Waals surface area contributed by atoms with Crippen LogP contribution in [0.5, 0.6) is 5.75 Å². The molecule has 0 bridgehead atoms. The fraction of sp³-hybridized carbons (Fsp3) is 0.429. The zero-order chi connectivity index (χ0) is 14.0. The summed E-state index contributed by atoms with van der Waals surface area (Å²) >= 11 is 0. The summed E-state index contributed by atoms with van der Waals surface area (Å²) in [5.74, 6) is -0.226. The van der Waals surface area contributed by atoms with Gasteiger partial charge in [0.25, 0.3) is 5.91 Å². The monoisotopic (exact) mass is 262 g/mol. The van der Waals surface area contributed by atoms with Crippen molar-refractivity contribution in [3.8, 4) is 5.75 Å².